The molecule has 1 aliphatic rings. The van der Waals surface area contributed by atoms with Crippen LogP contribution in [0, 0.1) is 0 Å². The maximum Gasteiger partial charge on any atom is 0.219 e. The zero-order chi connectivity index (χ0) is 45.5. The van der Waals surface area contributed by atoms with Crippen molar-refractivity contribution in [1.29, 1.82) is 0 Å². The minimum Gasteiger partial charge on any atom is -0.493 e. The molecule has 4 aromatic rings. The monoisotopic (exact) mass is 829 g/mol. The quantitative estimate of drug-likeness (QED) is 0.0509. The van der Waals surface area contributed by atoms with Crippen LogP contribution in [0.2, 0.25) is 0 Å². The van der Waals surface area contributed by atoms with E-state index in [4.69, 9.17) is 39.9 Å². The maximum absolute atomic E-state index is 11.4. The highest BCUT2D eigenvalue weighted by Gasteiger charge is 2.21. The van der Waals surface area contributed by atoms with Gasteiger partial charge >= 0.3 is 0 Å². The van der Waals surface area contributed by atoms with Gasteiger partial charge in [0.05, 0.1) is 34.0 Å². The summed E-state index contributed by atoms with van der Waals surface area (Å²) in [5.74, 6) is 3.93. The molecular weight excluding hydrogens is 761 g/mol. The fourth-order valence-electron chi connectivity index (χ4n) is 5.41. The van der Waals surface area contributed by atoms with E-state index < -0.39 is 0 Å². The number of carbonyl (C=O) groups is 2. The fraction of sp³-hybridized carbons (Fsp3) is 0.340. The number of amides is 1. The van der Waals surface area contributed by atoms with Gasteiger partial charge in [-0.2, -0.15) is 0 Å². The third-order valence-corrected chi connectivity index (χ3v) is 8.21. The second kappa shape index (κ2) is 31.5. The molecule has 0 bridgehead atoms. The number of fused-ring (bicyclic) bond motifs is 1. The van der Waals surface area contributed by atoms with Crippen LogP contribution in [0.5, 0.6) is 23.0 Å². The molecule has 5 rings (SSSR count). The summed E-state index contributed by atoms with van der Waals surface area (Å²) in [5.41, 5.74) is 14.8. The van der Waals surface area contributed by atoms with Crippen LogP contribution in [0.3, 0.4) is 0 Å². The number of benzene rings is 3. The van der Waals surface area contributed by atoms with Crippen molar-refractivity contribution in [1.82, 2.24) is 15.2 Å². The molecule has 1 aromatic heterocycles. The van der Waals surface area contributed by atoms with Crippen LogP contribution in [0.1, 0.15) is 40.0 Å². The molecule has 0 radical (unpaired) electrons. The van der Waals surface area contributed by atoms with Gasteiger partial charge in [-0.1, -0.05) is 46.1 Å². The van der Waals surface area contributed by atoms with Crippen molar-refractivity contribution in [2.45, 2.75) is 46.1 Å². The molecule has 2 heterocycles. The average Bonchev–Trinajstić information content (AvgIpc) is 3.27. The minimum absolute atomic E-state index is 0.138. The van der Waals surface area contributed by atoms with E-state index in [0.29, 0.717) is 46.6 Å². The number of allylic oxidation sites excluding steroid dienone is 2. The number of piperidine rings is 1. The molecular formula is C47H68N6O7. The first-order valence-corrected chi connectivity index (χ1v) is 19.5. The highest BCUT2D eigenvalue weighted by atomic mass is 16.5. The number of nitrogens with zero attached hydrogens (tertiary/aromatic N) is 3. The summed E-state index contributed by atoms with van der Waals surface area (Å²) >= 11 is 0. The largest absolute Gasteiger partial charge is 0.493 e. The highest BCUT2D eigenvalue weighted by molar-refractivity contribution is 5.88. The number of aromatic nitrogens is 1. The predicted molar refractivity (Wildman–Crippen MR) is 249 cm³/mol. The predicted octanol–water partition coefficient (Wildman–Crippen LogP) is 8.83. The lowest BCUT2D eigenvalue weighted by Crippen LogP contribution is -2.47. The molecule has 1 saturated heterocycles. The molecule has 1 atom stereocenters. The molecule has 1 aliphatic heterocycles. The summed E-state index contributed by atoms with van der Waals surface area (Å²) in [5, 5.41) is 3.91. The van der Waals surface area contributed by atoms with Crippen molar-refractivity contribution in [3.8, 4) is 23.0 Å². The molecule has 0 saturated carbocycles. The van der Waals surface area contributed by atoms with Crippen LogP contribution >= 0.6 is 0 Å². The summed E-state index contributed by atoms with van der Waals surface area (Å²) in [6.07, 6.45) is 9.44. The third-order valence-electron chi connectivity index (χ3n) is 8.21. The fourth-order valence-corrected chi connectivity index (χ4v) is 5.41. The molecule has 13 nitrogen and oxygen atoms in total. The van der Waals surface area contributed by atoms with Crippen molar-refractivity contribution in [2.24, 2.45) is 0 Å². The summed E-state index contributed by atoms with van der Waals surface area (Å²) in [6, 6.07) is 20.9. The number of likely N-dealkylation sites (N-methyl/N-ethyl adjacent to an activating group) is 1. The number of nitrogens with two attached hydrogens (primary N) is 2. The standard InChI is InChI=1S/C17H16N2O3.C14H21N3O.C8H12O2.C5H11N.C2H6.CH2O/c1-20-16-9-13-14(10-17(16)21-2)19-7-6-15(13)22-12-5-3-4-11(18)8-12;1-2-14(18)16-12-4-3-9-17(10-12)13-7-5-11(15)6-8-13;1-5-7(9-3)8(6-2)10-4;1-4-5-6(2)3;2*1-2/h3-10H,18H2,1-2H3;5-8,12H,2-4,9-10,15H2,1H3,(H,16,18);5-6H,1-2H2,3-4H3;4H,1,5H2,2-3H3;1-2H3;1H2/b;;8-7-;;;. The van der Waals surface area contributed by atoms with Gasteiger partial charge in [-0.15, -0.1) is 6.58 Å². The lowest BCUT2D eigenvalue weighted by atomic mass is 10.0. The van der Waals surface area contributed by atoms with E-state index in [1.165, 1.54) is 5.69 Å². The van der Waals surface area contributed by atoms with Crippen molar-refractivity contribution >= 4 is 40.7 Å². The smallest absolute Gasteiger partial charge is 0.219 e. The van der Waals surface area contributed by atoms with Crippen molar-refractivity contribution < 1.29 is 33.3 Å². The molecule has 1 fully saturated rings. The molecule has 328 valence electrons. The van der Waals surface area contributed by atoms with Crippen molar-refractivity contribution in [3.05, 3.63) is 122 Å². The SMILES string of the molecule is C=C/C(OC)=C(\C=C)OC.C=CCN(C)C.C=O.CC.CCC(=O)NC1CCCN(c2ccc(N)cc2)C1.COc1cc2nccc(Oc3cccc(N)c3)c2cc1OC. The van der Waals surface area contributed by atoms with Gasteiger partial charge in [-0.25, -0.2) is 0 Å². The summed E-state index contributed by atoms with van der Waals surface area (Å²) in [4.78, 5) is 28.1. The Morgan fingerprint density at radius 1 is 0.867 bits per heavy atom. The van der Waals surface area contributed by atoms with Crippen LogP contribution < -0.4 is 35.9 Å². The Bertz CT molecular complexity index is 1860. The second-order valence-electron chi connectivity index (χ2n) is 12.6. The number of hydrogen-bond acceptors (Lipinski definition) is 12. The normalized spacial score (nSPS) is 12.7. The Morgan fingerprint density at radius 2 is 1.47 bits per heavy atom. The number of anilines is 3. The summed E-state index contributed by atoms with van der Waals surface area (Å²) < 4.78 is 26.4. The van der Waals surface area contributed by atoms with Gasteiger partial charge in [0, 0.05) is 72.9 Å². The van der Waals surface area contributed by atoms with E-state index >= 15 is 0 Å². The first-order valence-electron chi connectivity index (χ1n) is 19.5. The third kappa shape index (κ3) is 19.3. The Kier molecular flexibility index (Phi) is 28.1. The maximum atomic E-state index is 11.4. The number of methoxy groups -OCH3 is 4. The highest BCUT2D eigenvalue weighted by Crippen LogP contribution is 2.37. The van der Waals surface area contributed by atoms with Gasteiger partial charge in [-0.05, 0) is 87.6 Å². The van der Waals surface area contributed by atoms with Gasteiger partial charge in [0.1, 0.15) is 18.3 Å². The number of pyridine rings is 1. The number of nitrogen functional groups attached to an aromatic ring is 2. The van der Waals surface area contributed by atoms with E-state index in [9.17, 15) is 4.79 Å². The zero-order valence-corrected chi connectivity index (χ0v) is 37.2. The van der Waals surface area contributed by atoms with Crippen molar-refractivity contribution in [3.63, 3.8) is 0 Å². The second-order valence-corrected chi connectivity index (χ2v) is 12.6. The number of carbonyl (C=O) groups excluding carboxylic acids is 2. The zero-order valence-electron chi connectivity index (χ0n) is 37.2. The Morgan fingerprint density at radius 3 is 1.95 bits per heavy atom. The van der Waals surface area contributed by atoms with Gasteiger partial charge in [0.15, 0.2) is 23.0 Å². The number of ether oxygens (including phenoxy) is 5. The summed E-state index contributed by atoms with van der Waals surface area (Å²) in [7, 11) is 10.3. The van der Waals surface area contributed by atoms with Gasteiger partial charge in [0.25, 0.3) is 0 Å². The van der Waals surface area contributed by atoms with Crippen LogP contribution in [0.4, 0.5) is 17.1 Å². The average molecular weight is 829 g/mol. The lowest BCUT2D eigenvalue weighted by Gasteiger charge is -2.34. The molecule has 1 unspecified atom stereocenters. The van der Waals surface area contributed by atoms with E-state index in [1.54, 1.807) is 58.9 Å². The van der Waals surface area contributed by atoms with Gasteiger partial charge in [0.2, 0.25) is 5.91 Å². The first kappa shape index (κ1) is 53.5. The van der Waals surface area contributed by atoms with Crippen LogP contribution in [-0.4, -0.2) is 90.8 Å². The van der Waals surface area contributed by atoms with Gasteiger partial charge in [-0.3, -0.25) is 9.78 Å². The van der Waals surface area contributed by atoms with Crippen LogP contribution in [0.15, 0.2) is 122 Å². The molecule has 5 N–H and O–H groups in total. The molecule has 0 spiro atoms. The van der Waals surface area contributed by atoms with E-state index in [-0.39, 0.29) is 11.9 Å². The van der Waals surface area contributed by atoms with Gasteiger partial charge < -0.3 is 55.1 Å². The van der Waals surface area contributed by atoms with Crippen molar-refractivity contribution in [2.75, 3.05) is 78.5 Å². The number of rotatable bonds is 13. The number of nitrogens with one attached hydrogen (secondary N) is 1. The lowest BCUT2D eigenvalue weighted by molar-refractivity contribution is -0.121. The Labute approximate surface area is 358 Å². The molecule has 13 heteroatoms. The number of hydrogen-bond donors (Lipinski definition) is 3. The van der Waals surface area contributed by atoms with E-state index in [1.807, 2.05) is 102 Å². The van der Waals surface area contributed by atoms with Crippen LogP contribution in [-0.2, 0) is 19.1 Å². The Hall–Kier alpha value is -6.47. The van der Waals surface area contributed by atoms with E-state index in [2.05, 4.69) is 39.8 Å². The van der Waals surface area contributed by atoms with E-state index in [0.717, 1.165) is 49.1 Å². The topological polar surface area (TPSA) is 164 Å². The molecule has 3 aromatic carbocycles. The molecule has 1 amide bonds. The molecule has 0 aliphatic carbocycles. The molecule has 60 heavy (non-hydrogen) atoms. The minimum atomic E-state index is 0.138. The summed E-state index contributed by atoms with van der Waals surface area (Å²) in [6.45, 7) is 21.4. The Balaban J connectivity index is 0.000000821. The first-order chi connectivity index (χ1) is 29.0. The van der Waals surface area contributed by atoms with Crippen LogP contribution in [0.25, 0.3) is 10.9 Å².